The summed E-state index contributed by atoms with van der Waals surface area (Å²) in [5.74, 6) is 0.106. The molecule has 0 spiro atoms. The second-order valence-electron chi connectivity index (χ2n) is 3.60. The topological polar surface area (TPSA) is 77.0 Å². The molecular weight excluding hydrogens is 223 g/mol. The van der Waals surface area contributed by atoms with Gasteiger partial charge in [0.25, 0.3) is 0 Å². The molecule has 0 radical (unpaired) electrons. The van der Waals surface area contributed by atoms with E-state index in [1.807, 2.05) is 0 Å². The quantitative estimate of drug-likeness (QED) is 0.845. The maximum absolute atomic E-state index is 13.7. The monoisotopic (exact) mass is 236 g/mol. The zero-order chi connectivity index (χ0) is 12.3. The average molecular weight is 236 g/mol. The van der Waals surface area contributed by atoms with Gasteiger partial charge in [-0.15, -0.1) is 5.10 Å². The fourth-order valence-corrected chi connectivity index (χ4v) is 1.39. The van der Waals surface area contributed by atoms with Crippen molar-refractivity contribution in [2.75, 3.05) is 11.9 Å². The third kappa shape index (κ3) is 2.59. The lowest BCUT2D eigenvalue weighted by Gasteiger charge is -2.04. The van der Waals surface area contributed by atoms with E-state index in [2.05, 4.69) is 15.5 Å². The first kappa shape index (κ1) is 11.5. The molecule has 1 aromatic heterocycles. The van der Waals surface area contributed by atoms with Crippen molar-refractivity contribution in [3.63, 3.8) is 0 Å². The second kappa shape index (κ2) is 4.92. The number of hydrogen-bond donors (Lipinski definition) is 2. The van der Waals surface area contributed by atoms with Gasteiger partial charge in [-0.1, -0.05) is 17.2 Å². The summed E-state index contributed by atoms with van der Waals surface area (Å²) < 4.78 is 18.9. The number of nitrogens with two attached hydrogens (primary N) is 1. The lowest BCUT2D eigenvalue weighted by Crippen LogP contribution is -2.02. The van der Waals surface area contributed by atoms with Crippen LogP contribution in [-0.2, 0) is 6.42 Å². The summed E-state index contributed by atoms with van der Waals surface area (Å²) in [4.78, 5) is 0. The lowest BCUT2D eigenvalue weighted by molar-refractivity contribution is 0.509. The van der Waals surface area contributed by atoms with Crippen molar-refractivity contribution < 1.29 is 8.81 Å². The zero-order valence-corrected chi connectivity index (χ0v) is 9.40. The van der Waals surface area contributed by atoms with Crippen molar-refractivity contribution >= 4 is 11.7 Å². The van der Waals surface area contributed by atoms with E-state index in [4.69, 9.17) is 10.2 Å². The first-order valence-electron chi connectivity index (χ1n) is 5.25. The van der Waals surface area contributed by atoms with Gasteiger partial charge in [0.15, 0.2) is 0 Å². The minimum absolute atomic E-state index is 0.165. The molecular formula is C11H13FN4O. The number of rotatable bonds is 4. The highest BCUT2D eigenvalue weighted by molar-refractivity contribution is 5.54. The third-order valence-electron chi connectivity index (χ3n) is 2.26. The second-order valence-corrected chi connectivity index (χ2v) is 3.60. The molecule has 0 aliphatic rings. The fourth-order valence-electron chi connectivity index (χ4n) is 1.39. The fraction of sp³-hybridized carbons (Fsp3) is 0.273. The van der Waals surface area contributed by atoms with E-state index in [-0.39, 0.29) is 11.8 Å². The summed E-state index contributed by atoms with van der Waals surface area (Å²) in [5, 5.41) is 10.3. The highest BCUT2D eigenvalue weighted by Crippen LogP contribution is 2.21. The van der Waals surface area contributed by atoms with E-state index in [1.54, 1.807) is 25.1 Å². The summed E-state index contributed by atoms with van der Waals surface area (Å²) in [5.41, 5.74) is 6.22. The molecule has 0 aliphatic carbocycles. The molecule has 1 heterocycles. The van der Waals surface area contributed by atoms with Crippen LogP contribution in [-0.4, -0.2) is 16.7 Å². The Morgan fingerprint density at radius 1 is 1.41 bits per heavy atom. The Morgan fingerprint density at radius 3 is 3.00 bits per heavy atom. The number of aryl methyl sites for hydroxylation is 1. The van der Waals surface area contributed by atoms with Gasteiger partial charge in [0.05, 0.1) is 5.69 Å². The van der Waals surface area contributed by atoms with Gasteiger partial charge in [-0.2, -0.15) is 0 Å². The Bertz CT molecular complexity index is 512. The van der Waals surface area contributed by atoms with E-state index < -0.39 is 0 Å². The standard InChI is InChI=1S/C11H13FN4O/c1-7-3-2-4-8(10(7)12)14-11-16-15-9(17-11)5-6-13/h2-4H,5-6,13H2,1H3,(H,14,16). The van der Waals surface area contributed by atoms with Crippen molar-refractivity contribution in [2.24, 2.45) is 5.73 Å². The Labute approximate surface area is 97.8 Å². The van der Waals surface area contributed by atoms with Crippen LogP contribution < -0.4 is 11.1 Å². The Kier molecular flexibility index (Phi) is 3.34. The molecule has 0 fully saturated rings. The molecule has 90 valence electrons. The predicted molar refractivity (Wildman–Crippen MR) is 61.5 cm³/mol. The van der Waals surface area contributed by atoms with Crippen molar-refractivity contribution in [1.82, 2.24) is 10.2 Å². The van der Waals surface area contributed by atoms with E-state index in [9.17, 15) is 4.39 Å². The van der Waals surface area contributed by atoms with Gasteiger partial charge < -0.3 is 15.5 Å². The summed E-state index contributed by atoms with van der Waals surface area (Å²) in [6.45, 7) is 2.12. The zero-order valence-electron chi connectivity index (χ0n) is 9.40. The van der Waals surface area contributed by atoms with Crippen molar-refractivity contribution in [2.45, 2.75) is 13.3 Å². The number of aromatic nitrogens is 2. The van der Waals surface area contributed by atoms with E-state index in [1.165, 1.54) is 0 Å². The number of nitrogens with one attached hydrogen (secondary N) is 1. The van der Waals surface area contributed by atoms with Gasteiger partial charge >= 0.3 is 6.01 Å². The van der Waals surface area contributed by atoms with Gasteiger partial charge in [0.1, 0.15) is 5.82 Å². The molecule has 0 bridgehead atoms. The molecule has 6 heteroatoms. The Morgan fingerprint density at radius 2 is 2.24 bits per heavy atom. The van der Waals surface area contributed by atoms with Gasteiger partial charge in [-0.25, -0.2) is 4.39 Å². The number of benzene rings is 1. The van der Waals surface area contributed by atoms with Gasteiger partial charge in [-0.05, 0) is 18.6 Å². The first-order valence-corrected chi connectivity index (χ1v) is 5.25. The molecule has 5 nitrogen and oxygen atoms in total. The SMILES string of the molecule is Cc1cccc(Nc2nnc(CCN)o2)c1F. The van der Waals surface area contributed by atoms with E-state index in [0.29, 0.717) is 30.1 Å². The highest BCUT2D eigenvalue weighted by Gasteiger charge is 2.09. The number of hydrogen-bond acceptors (Lipinski definition) is 5. The molecule has 17 heavy (non-hydrogen) atoms. The van der Waals surface area contributed by atoms with E-state index in [0.717, 1.165) is 0 Å². The molecule has 2 aromatic rings. The van der Waals surface area contributed by atoms with Crippen molar-refractivity contribution in [3.05, 3.63) is 35.5 Å². The molecule has 0 unspecified atom stereocenters. The largest absolute Gasteiger partial charge is 0.408 e. The smallest absolute Gasteiger partial charge is 0.320 e. The van der Waals surface area contributed by atoms with Gasteiger partial charge in [0.2, 0.25) is 5.89 Å². The van der Waals surface area contributed by atoms with Crippen LogP contribution >= 0.6 is 0 Å². The highest BCUT2D eigenvalue weighted by atomic mass is 19.1. The lowest BCUT2D eigenvalue weighted by atomic mass is 10.2. The van der Waals surface area contributed by atoms with Crippen LogP contribution in [0.25, 0.3) is 0 Å². The molecule has 0 amide bonds. The summed E-state index contributed by atoms with van der Waals surface area (Å²) >= 11 is 0. The van der Waals surface area contributed by atoms with Crippen LogP contribution in [0.5, 0.6) is 0 Å². The van der Waals surface area contributed by atoms with Crippen LogP contribution in [0.4, 0.5) is 16.1 Å². The van der Waals surface area contributed by atoms with Gasteiger partial charge in [0, 0.05) is 13.0 Å². The molecule has 0 atom stereocenters. The van der Waals surface area contributed by atoms with Crippen LogP contribution in [0.3, 0.4) is 0 Å². The summed E-state index contributed by atoms with van der Waals surface area (Å²) in [6.07, 6.45) is 0.505. The van der Waals surface area contributed by atoms with Crippen LogP contribution in [0, 0.1) is 12.7 Å². The van der Waals surface area contributed by atoms with E-state index >= 15 is 0 Å². The average Bonchev–Trinajstić information content (AvgIpc) is 2.73. The molecule has 0 saturated carbocycles. The van der Waals surface area contributed by atoms with Crippen LogP contribution in [0.1, 0.15) is 11.5 Å². The Balaban J connectivity index is 2.16. The molecule has 2 rings (SSSR count). The van der Waals surface area contributed by atoms with Crippen LogP contribution in [0.15, 0.2) is 22.6 Å². The summed E-state index contributed by atoms with van der Waals surface area (Å²) in [7, 11) is 0. The number of anilines is 2. The number of halogens is 1. The van der Waals surface area contributed by atoms with Crippen molar-refractivity contribution in [1.29, 1.82) is 0 Å². The molecule has 1 aromatic carbocycles. The molecule has 0 saturated heterocycles. The maximum atomic E-state index is 13.7. The maximum Gasteiger partial charge on any atom is 0.320 e. The normalized spacial score (nSPS) is 10.5. The summed E-state index contributed by atoms with van der Waals surface area (Å²) in [6, 6.07) is 5.21. The predicted octanol–water partition coefficient (Wildman–Crippen LogP) is 1.76. The van der Waals surface area contributed by atoms with Gasteiger partial charge in [-0.3, -0.25) is 0 Å². The minimum Gasteiger partial charge on any atom is -0.408 e. The third-order valence-corrected chi connectivity index (χ3v) is 2.26. The minimum atomic E-state index is -0.328. The van der Waals surface area contributed by atoms with Crippen molar-refractivity contribution in [3.8, 4) is 0 Å². The molecule has 0 aliphatic heterocycles. The van der Waals surface area contributed by atoms with Crippen LogP contribution in [0.2, 0.25) is 0 Å². The Hall–Kier alpha value is -1.95. The molecule has 3 N–H and O–H groups in total. The first-order chi connectivity index (χ1) is 8.20. The number of nitrogens with zero attached hydrogens (tertiary/aromatic N) is 2.